The highest BCUT2D eigenvalue weighted by molar-refractivity contribution is 5.96. The molecule has 0 aromatic heterocycles. The maximum Gasteiger partial charge on any atom is 0.339 e. The summed E-state index contributed by atoms with van der Waals surface area (Å²) in [5.74, 6) is 0.473. The van der Waals surface area contributed by atoms with Gasteiger partial charge in [0, 0.05) is 12.0 Å². The van der Waals surface area contributed by atoms with Crippen molar-refractivity contribution in [1.82, 2.24) is 0 Å². The number of carbonyl (C=O) groups is 1. The molecule has 0 fully saturated rings. The first kappa shape index (κ1) is 13.9. The van der Waals surface area contributed by atoms with Crippen LogP contribution in [0.5, 0.6) is 0 Å². The SMILES string of the molecule is C=CCC1OC(=O)c2c1ccc(C)c2CCC(C)C. The van der Waals surface area contributed by atoms with E-state index < -0.39 is 0 Å². The number of esters is 1. The second-order valence-corrected chi connectivity index (χ2v) is 5.68. The maximum atomic E-state index is 12.1. The van der Waals surface area contributed by atoms with Crippen molar-refractivity contribution in [2.45, 2.75) is 46.1 Å². The third-order valence-electron chi connectivity index (χ3n) is 3.73. The molecule has 0 saturated carbocycles. The van der Waals surface area contributed by atoms with Gasteiger partial charge in [-0.2, -0.15) is 0 Å². The third-order valence-corrected chi connectivity index (χ3v) is 3.73. The van der Waals surface area contributed by atoms with E-state index in [-0.39, 0.29) is 12.1 Å². The fraction of sp³-hybridized carbons (Fsp3) is 0.471. The van der Waals surface area contributed by atoms with Gasteiger partial charge in [0.2, 0.25) is 0 Å². The molecule has 0 aliphatic carbocycles. The Hall–Kier alpha value is -1.57. The topological polar surface area (TPSA) is 26.3 Å². The number of rotatable bonds is 5. The van der Waals surface area contributed by atoms with Gasteiger partial charge in [0.05, 0.1) is 5.56 Å². The highest BCUT2D eigenvalue weighted by atomic mass is 16.5. The van der Waals surface area contributed by atoms with Crippen molar-refractivity contribution < 1.29 is 9.53 Å². The number of benzene rings is 1. The number of ether oxygens (including phenoxy) is 1. The molecule has 1 atom stereocenters. The second-order valence-electron chi connectivity index (χ2n) is 5.68. The predicted molar refractivity (Wildman–Crippen MR) is 77.3 cm³/mol. The van der Waals surface area contributed by atoms with Gasteiger partial charge in [-0.05, 0) is 36.8 Å². The minimum atomic E-state index is -0.163. The van der Waals surface area contributed by atoms with Crippen LogP contribution in [0.1, 0.15) is 59.8 Å². The minimum Gasteiger partial charge on any atom is -0.454 e. The van der Waals surface area contributed by atoms with Crippen molar-refractivity contribution >= 4 is 5.97 Å². The molecule has 1 heterocycles. The summed E-state index contributed by atoms with van der Waals surface area (Å²) >= 11 is 0. The Labute approximate surface area is 115 Å². The second kappa shape index (κ2) is 5.60. The maximum absolute atomic E-state index is 12.1. The number of hydrogen-bond donors (Lipinski definition) is 0. The average molecular weight is 258 g/mol. The molecule has 0 spiro atoms. The quantitative estimate of drug-likeness (QED) is 0.579. The van der Waals surface area contributed by atoms with Crippen LogP contribution in [0.2, 0.25) is 0 Å². The Balaban J connectivity index is 2.39. The van der Waals surface area contributed by atoms with Crippen molar-refractivity contribution in [2.24, 2.45) is 5.92 Å². The Morgan fingerprint density at radius 3 is 2.79 bits per heavy atom. The average Bonchev–Trinajstić information content (AvgIpc) is 2.65. The smallest absolute Gasteiger partial charge is 0.339 e. The Kier molecular flexibility index (Phi) is 4.08. The van der Waals surface area contributed by atoms with Crippen LogP contribution in [0.25, 0.3) is 0 Å². The number of fused-ring (bicyclic) bond motifs is 1. The third kappa shape index (κ3) is 2.73. The fourth-order valence-electron chi connectivity index (χ4n) is 2.61. The molecular formula is C17H22O2. The van der Waals surface area contributed by atoms with Gasteiger partial charge < -0.3 is 4.74 Å². The first-order chi connectivity index (χ1) is 9.04. The molecule has 2 heteroatoms. The van der Waals surface area contributed by atoms with Crippen LogP contribution < -0.4 is 0 Å². The van der Waals surface area contributed by atoms with E-state index >= 15 is 0 Å². The fourth-order valence-corrected chi connectivity index (χ4v) is 2.61. The van der Waals surface area contributed by atoms with Crippen LogP contribution in [0.4, 0.5) is 0 Å². The van der Waals surface area contributed by atoms with Gasteiger partial charge in [-0.15, -0.1) is 6.58 Å². The molecule has 1 unspecified atom stereocenters. The molecule has 0 N–H and O–H groups in total. The normalized spacial score (nSPS) is 17.5. The summed E-state index contributed by atoms with van der Waals surface area (Å²) < 4.78 is 5.46. The van der Waals surface area contributed by atoms with Crippen molar-refractivity contribution in [1.29, 1.82) is 0 Å². The van der Waals surface area contributed by atoms with Gasteiger partial charge in [0.1, 0.15) is 6.10 Å². The largest absolute Gasteiger partial charge is 0.454 e. The molecule has 102 valence electrons. The lowest BCUT2D eigenvalue weighted by molar-refractivity contribution is 0.0391. The van der Waals surface area contributed by atoms with E-state index in [4.69, 9.17) is 4.74 Å². The summed E-state index contributed by atoms with van der Waals surface area (Å²) in [5, 5.41) is 0. The lowest BCUT2D eigenvalue weighted by Crippen LogP contribution is -2.04. The van der Waals surface area contributed by atoms with E-state index in [0.717, 1.165) is 24.0 Å². The van der Waals surface area contributed by atoms with Crippen LogP contribution in [0.3, 0.4) is 0 Å². The van der Waals surface area contributed by atoms with Crippen LogP contribution in [-0.2, 0) is 11.2 Å². The molecule has 2 nitrogen and oxygen atoms in total. The monoisotopic (exact) mass is 258 g/mol. The molecule has 1 aromatic rings. The van der Waals surface area contributed by atoms with E-state index in [9.17, 15) is 4.79 Å². The van der Waals surface area contributed by atoms with E-state index in [1.807, 2.05) is 6.07 Å². The van der Waals surface area contributed by atoms with Crippen molar-refractivity contribution in [2.75, 3.05) is 0 Å². The predicted octanol–water partition coefficient (Wildman–Crippen LogP) is 4.37. The summed E-state index contributed by atoms with van der Waals surface area (Å²) in [5.41, 5.74) is 4.21. The minimum absolute atomic E-state index is 0.140. The van der Waals surface area contributed by atoms with Gasteiger partial charge in [0.15, 0.2) is 0 Å². The van der Waals surface area contributed by atoms with E-state index in [0.29, 0.717) is 12.3 Å². The van der Waals surface area contributed by atoms with E-state index in [2.05, 4.69) is 33.4 Å². The molecule has 1 aromatic carbocycles. The van der Waals surface area contributed by atoms with E-state index in [1.54, 1.807) is 6.08 Å². The van der Waals surface area contributed by atoms with Crippen LogP contribution in [0.15, 0.2) is 24.8 Å². The first-order valence-corrected chi connectivity index (χ1v) is 6.98. The van der Waals surface area contributed by atoms with Gasteiger partial charge >= 0.3 is 5.97 Å². The standard InChI is InChI=1S/C17H22O2/c1-5-6-15-14-10-8-12(4)13(9-7-11(2)3)16(14)17(18)19-15/h5,8,10-11,15H,1,6-7,9H2,2-4H3. The van der Waals surface area contributed by atoms with Crippen molar-refractivity contribution in [3.63, 3.8) is 0 Å². The zero-order valence-electron chi connectivity index (χ0n) is 12.0. The number of cyclic esters (lactones) is 1. The van der Waals surface area contributed by atoms with Crippen molar-refractivity contribution in [3.8, 4) is 0 Å². The molecule has 0 amide bonds. The lowest BCUT2D eigenvalue weighted by atomic mass is 9.90. The van der Waals surface area contributed by atoms with Crippen molar-refractivity contribution in [3.05, 3.63) is 47.0 Å². The number of carbonyl (C=O) groups excluding carboxylic acids is 1. The Bertz CT molecular complexity index is 500. The van der Waals surface area contributed by atoms with Gasteiger partial charge in [0.25, 0.3) is 0 Å². The molecule has 1 aliphatic heterocycles. The van der Waals surface area contributed by atoms with Gasteiger partial charge in [-0.25, -0.2) is 4.79 Å². The molecule has 0 saturated heterocycles. The molecule has 1 aliphatic rings. The van der Waals surface area contributed by atoms with Gasteiger partial charge in [-0.1, -0.05) is 32.1 Å². The summed E-state index contributed by atoms with van der Waals surface area (Å²) in [4.78, 5) is 12.1. The zero-order valence-corrected chi connectivity index (χ0v) is 12.0. The highest BCUT2D eigenvalue weighted by Gasteiger charge is 2.32. The van der Waals surface area contributed by atoms with Gasteiger partial charge in [-0.3, -0.25) is 0 Å². The van der Waals surface area contributed by atoms with Crippen LogP contribution >= 0.6 is 0 Å². The summed E-state index contributed by atoms with van der Waals surface area (Å²) in [6.07, 6.45) is 4.39. The lowest BCUT2D eigenvalue weighted by Gasteiger charge is -2.12. The molecule has 19 heavy (non-hydrogen) atoms. The summed E-state index contributed by atoms with van der Waals surface area (Å²) in [6, 6.07) is 4.13. The molecule has 0 radical (unpaired) electrons. The number of aryl methyl sites for hydroxylation is 1. The zero-order chi connectivity index (χ0) is 14.0. The number of hydrogen-bond acceptors (Lipinski definition) is 2. The Morgan fingerprint density at radius 1 is 1.42 bits per heavy atom. The summed E-state index contributed by atoms with van der Waals surface area (Å²) in [6.45, 7) is 10.2. The summed E-state index contributed by atoms with van der Waals surface area (Å²) in [7, 11) is 0. The first-order valence-electron chi connectivity index (χ1n) is 6.98. The Morgan fingerprint density at radius 2 is 2.16 bits per heavy atom. The van der Waals surface area contributed by atoms with Crippen LogP contribution in [-0.4, -0.2) is 5.97 Å². The highest BCUT2D eigenvalue weighted by Crippen LogP contribution is 2.37. The molecular weight excluding hydrogens is 236 g/mol. The molecule has 2 rings (SSSR count). The van der Waals surface area contributed by atoms with E-state index in [1.165, 1.54) is 11.1 Å². The van der Waals surface area contributed by atoms with Crippen LogP contribution in [0, 0.1) is 12.8 Å². The molecule has 0 bridgehead atoms.